The van der Waals surface area contributed by atoms with Gasteiger partial charge in [-0.25, -0.2) is 22.0 Å². The molecule has 120 valence electrons. The average Bonchev–Trinajstić information content (AvgIpc) is 2.57. The summed E-state index contributed by atoms with van der Waals surface area (Å²) in [5.74, 6) is -10.2. The van der Waals surface area contributed by atoms with Crippen LogP contribution in [-0.2, 0) is 0 Å². The first kappa shape index (κ1) is 16.7. The molecule has 2 aromatic carbocycles. The quantitative estimate of drug-likeness (QED) is 0.280. The standard InChI is InChI=1S/C16H11F5N2/c1-9(7-8-10-5-3-2-4-6-10)22-23-16-14(20)12(18)11(17)13(19)15(16)21/h2-8,23H,1H3/b8-7?,22-9+. The van der Waals surface area contributed by atoms with Crippen molar-refractivity contribution in [2.24, 2.45) is 5.10 Å². The Morgan fingerprint density at radius 3 is 1.96 bits per heavy atom. The van der Waals surface area contributed by atoms with Crippen LogP contribution in [0.2, 0.25) is 0 Å². The van der Waals surface area contributed by atoms with Crippen LogP contribution < -0.4 is 5.43 Å². The highest BCUT2D eigenvalue weighted by Crippen LogP contribution is 2.27. The predicted octanol–water partition coefficient (Wildman–Crippen LogP) is 4.88. The molecular weight excluding hydrogens is 315 g/mol. The number of hydrogen-bond acceptors (Lipinski definition) is 2. The van der Waals surface area contributed by atoms with Crippen LogP contribution in [0, 0.1) is 29.1 Å². The molecule has 0 heterocycles. The van der Waals surface area contributed by atoms with Crippen molar-refractivity contribution in [3.05, 3.63) is 71.1 Å². The SMILES string of the molecule is C/C(C=Cc1ccccc1)=N\Nc1c(F)c(F)c(F)c(F)c1F. The minimum atomic E-state index is -2.21. The number of benzene rings is 2. The van der Waals surface area contributed by atoms with Crippen molar-refractivity contribution >= 4 is 17.5 Å². The van der Waals surface area contributed by atoms with Crippen molar-refractivity contribution in [3.8, 4) is 0 Å². The van der Waals surface area contributed by atoms with Crippen LogP contribution >= 0.6 is 0 Å². The molecule has 0 saturated carbocycles. The summed E-state index contributed by atoms with van der Waals surface area (Å²) in [6, 6.07) is 9.12. The zero-order valence-electron chi connectivity index (χ0n) is 11.9. The van der Waals surface area contributed by atoms with E-state index in [4.69, 9.17) is 0 Å². The molecule has 0 bridgehead atoms. The Hall–Kier alpha value is -2.70. The molecule has 1 N–H and O–H groups in total. The largest absolute Gasteiger partial charge is 0.272 e. The van der Waals surface area contributed by atoms with Crippen molar-refractivity contribution in [3.63, 3.8) is 0 Å². The minimum absolute atomic E-state index is 0.276. The maximum Gasteiger partial charge on any atom is 0.200 e. The molecule has 2 nitrogen and oxygen atoms in total. The Bertz CT molecular complexity index is 741. The summed E-state index contributed by atoms with van der Waals surface area (Å²) >= 11 is 0. The van der Waals surface area contributed by atoms with Crippen LogP contribution in [0.1, 0.15) is 12.5 Å². The van der Waals surface area contributed by atoms with E-state index in [1.165, 1.54) is 13.0 Å². The van der Waals surface area contributed by atoms with E-state index < -0.39 is 34.8 Å². The summed E-state index contributed by atoms with van der Waals surface area (Å²) < 4.78 is 65.8. The Morgan fingerprint density at radius 2 is 1.39 bits per heavy atom. The molecule has 0 unspecified atom stereocenters. The van der Waals surface area contributed by atoms with E-state index in [2.05, 4.69) is 5.10 Å². The second-order valence-corrected chi connectivity index (χ2v) is 4.55. The topological polar surface area (TPSA) is 24.4 Å². The number of rotatable bonds is 4. The molecule has 0 saturated heterocycles. The molecule has 0 aliphatic heterocycles. The van der Waals surface area contributed by atoms with Gasteiger partial charge in [-0.15, -0.1) is 0 Å². The molecule has 0 radical (unpaired) electrons. The van der Waals surface area contributed by atoms with Gasteiger partial charge in [-0.3, -0.25) is 5.43 Å². The molecule has 0 amide bonds. The lowest BCUT2D eigenvalue weighted by Crippen LogP contribution is -2.07. The smallest absolute Gasteiger partial charge is 0.200 e. The highest BCUT2D eigenvalue weighted by molar-refractivity contribution is 5.96. The summed E-state index contributed by atoms with van der Waals surface area (Å²) in [5.41, 5.74) is 1.80. The minimum Gasteiger partial charge on any atom is -0.272 e. The predicted molar refractivity (Wildman–Crippen MR) is 78.4 cm³/mol. The fraction of sp³-hybridized carbons (Fsp3) is 0.0625. The van der Waals surface area contributed by atoms with E-state index in [0.29, 0.717) is 0 Å². The lowest BCUT2D eigenvalue weighted by molar-refractivity contribution is 0.381. The zero-order valence-corrected chi connectivity index (χ0v) is 11.9. The van der Waals surface area contributed by atoms with Gasteiger partial charge in [0.1, 0.15) is 5.69 Å². The normalized spacial score (nSPS) is 12.0. The fourth-order valence-corrected chi connectivity index (χ4v) is 1.67. The number of hydrazone groups is 1. The highest BCUT2D eigenvalue weighted by atomic mass is 19.2. The Morgan fingerprint density at radius 1 is 0.870 bits per heavy atom. The molecule has 0 spiro atoms. The maximum absolute atomic E-state index is 13.4. The van der Waals surface area contributed by atoms with Crippen LogP contribution in [0.3, 0.4) is 0 Å². The Kier molecular flexibility index (Phi) is 5.10. The summed E-state index contributed by atoms with van der Waals surface area (Å²) in [5, 5.41) is 3.59. The van der Waals surface area contributed by atoms with Crippen LogP contribution in [0.4, 0.5) is 27.6 Å². The van der Waals surface area contributed by atoms with Gasteiger partial charge in [0.05, 0.1) is 5.71 Å². The third-order valence-electron chi connectivity index (χ3n) is 2.87. The lowest BCUT2D eigenvalue weighted by Gasteiger charge is -2.07. The van der Waals surface area contributed by atoms with Crippen molar-refractivity contribution in [2.75, 3.05) is 5.43 Å². The molecule has 2 aromatic rings. The first-order valence-corrected chi connectivity index (χ1v) is 6.46. The second kappa shape index (κ2) is 7.04. The number of halogens is 5. The van der Waals surface area contributed by atoms with Crippen LogP contribution in [0.25, 0.3) is 6.08 Å². The molecule has 0 atom stereocenters. The van der Waals surface area contributed by atoms with Gasteiger partial charge in [-0.1, -0.05) is 36.4 Å². The molecular formula is C16H11F5N2. The van der Waals surface area contributed by atoms with Gasteiger partial charge in [-0.2, -0.15) is 5.10 Å². The fourth-order valence-electron chi connectivity index (χ4n) is 1.67. The Balaban J connectivity index is 2.21. The van der Waals surface area contributed by atoms with Crippen molar-refractivity contribution in [1.29, 1.82) is 0 Å². The number of hydrogen-bond donors (Lipinski definition) is 1. The summed E-state index contributed by atoms with van der Waals surface area (Å²) in [7, 11) is 0. The van der Waals surface area contributed by atoms with Crippen molar-refractivity contribution in [1.82, 2.24) is 0 Å². The number of allylic oxidation sites excluding steroid dienone is 1. The number of nitrogens with zero attached hydrogens (tertiary/aromatic N) is 1. The van der Waals surface area contributed by atoms with Gasteiger partial charge < -0.3 is 0 Å². The third kappa shape index (κ3) is 3.74. The van der Waals surface area contributed by atoms with Gasteiger partial charge in [0.2, 0.25) is 5.82 Å². The van der Waals surface area contributed by atoms with Crippen LogP contribution in [-0.4, -0.2) is 5.71 Å². The van der Waals surface area contributed by atoms with Crippen molar-refractivity contribution < 1.29 is 22.0 Å². The maximum atomic E-state index is 13.4. The first-order valence-electron chi connectivity index (χ1n) is 6.46. The van der Waals surface area contributed by atoms with Gasteiger partial charge >= 0.3 is 0 Å². The summed E-state index contributed by atoms with van der Waals surface area (Å²) in [6.45, 7) is 1.50. The Labute approximate surface area is 129 Å². The van der Waals surface area contributed by atoms with E-state index in [0.717, 1.165) is 5.56 Å². The average molecular weight is 326 g/mol. The van der Waals surface area contributed by atoms with E-state index >= 15 is 0 Å². The molecule has 7 heteroatoms. The summed E-state index contributed by atoms with van der Waals surface area (Å²) in [6.07, 6.45) is 3.20. The molecule has 0 aliphatic carbocycles. The molecule has 0 aliphatic rings. The van der Waals surface area contributed by atoms with Gasteiger partial charge in [0, 0.05) is 0 Å². The van der Waals surface area contributed by atoms with Gasteiger partial charge in [0.25, 0.3) is 0 Å². The van der Waals surface area contributed by atoms with E-state index in [1.54, 1.807) is 6.08 Å². The molecule has 2 rings (SSSR count). The summed E-state index contributed by atoms with van der Waals surface area (Å²) in [4.78, 5) is 0. The molecule has 23 heavy (non-hydrogen) atoms. The number of anilines is 1. The zero-order chi connectivity index (χ0) is 17.0. The highest BCUT2D eigenvalue weighted by Gasteiger charge is 2.25. The van der Waals surface area contributed by atoms with Gasteiger partial charge in [-0.05, 0) is 18.6 Å². The van der Waals surface area contributed by atoms with Crippen LogP contribution in [0.5, 0.6) is 0 Å². The van der Waals surface area contributed by atoms with E-state index in [-0.39, 0.29) is 5.71 Å². The third-order valence-corrected chi connectivity index (χ3v) is 2.87. The first-order chi connectivity index (χ1) is 10.9. The van der Waals surface area contributed by atoms with E-state index in [1.807, 2.05) is 35.8 Å². The molecule has 0 fully saturated rings. The second-order valence-electron chi connectivity index (χ2n) is 4.55. The van der Waals surface area contributed by atoms with E-state index in [9.17, 15) is 22.0 Å². The number of nitrogens with one attached hydrogen (secondary N) is 1. The molecule has 0 aromatic heterocycles. The van der Waals surface area contributed by atoms with Gasteiger partial charge in [0.15, 0.2) is 23.3 Å². The van der Waals surface area contributed by atoms with Crippen molar-refractivity contribution in [2.45, 2.75) is 6.92 Å². The lowest BCUT2D eigenvalue weighted by atomic mass is 10.2. The monoisotopic (exact) mass is 326 g/mol. The van der Waals surface area contributed by atoms with Crippen LogP contribution in [0.15, 0.2) is 41.5 Å².